The zero-order valence-electron chi connectivity index (χ0n) is 17.0. The number of rotatable bonds is 10. The molecule has 0 aliphatic heterocycles. The molecular formula is C21H20F2N2O6S. The van der Waals surface area contributed by atoms with E-state index in [2.05, 4.69) is 0 Å². The number of nitriles is 1. The number of carbonyl (C=O) groups excluding carboxylic acids is 2. The van der Waals surface area contributed by atoms with Gasteiger partial charge in [0.2, 0.25) is 9.84 Å². The van der Waals surface area contributed by atoms with Gasteiger partial charge in [0, 0.05) is 12.2 Å². The molecule has 0 aliphatic carbocycles. The number of carbonyl (C=O) groups is 2. The van der Waals surface area contributed by atoms with Crippen molar-refractivity contribution in [2.75, 3.05) is 24.7 Å². The molecule has 0 heterocycles. The number of benzene rings is 2. The van der Waals surface area contributed by atoms with Crippen molar-refractivity contribution in [3.63, 3.8) is 0 Å². The molecule has 0 spiro atoms. The maximum atomic E-state index is 12.6. The van der Waals surface area contributed by atoms with E-state index in [0.29, 0.717) is 18.0 Å². The third-order valence-electron chi connectivity index (χ3n) is 4.19. The first kappa shape index (κ1) is 24.7. The Kier molecular flexibility index (Phi) is 8.66. The van der Waals surface area contributed by atoms with Crippen LogP contribution in [0.5, 0.6) is 5.75 Å². The van der Waals surface area contributed by atoms with Gasteiger partial charge in [-0.25, -0.2) is 13.2 Å². The summed E-state index contributed by atoms with van der Waals surface area (Å²) < 4.78 is 58.4. The molecule has 0 fully saturated rings. The molecule has 0 bridgehead atoms. The zero-order valence-corrected chi connectivity index (χ0v) is 17.8. The van der Waals surface area contributed by atoms with Crippen LogP contribution >= 0.6 is 0 Å². The fraction of sp³-hybridized carbons (Fsp3) is 0.286. The van der Waals surface area contributed by atoms with Gasteiger partial charge in [-0.2, -0.15) is 14.0 Å². The summed E-state index contributed by atoms with van der Waals surface area (Å²) >= 11 is 0. The first-order valence-corrected chi connectivity index (χ1v) is 10.9. The number of halogens is 2. The van der Waals surface area contributed by atoms with Gasteiger partial charge in [0.05, 0.1) is 29.6 Å². The molecule has 1 amide bonds. The SMILES string of the molecule is CCOc1ccc(N(CCC#N)C(=O)COC(=O)c2ccc(S(=O)(=O)C(F)F)cc2)cc1. The quantitative estimate of drug-likeness (QED) is 0.494. The molecule has 2 aromatic carbocycles. The largest absolute Gasteiger partial charge is 0.494 e. The molecule has 0 N–H and O–H groups in total. The normalized spacial score (nSPS) is 11.0. The van der Waals surface area contributed by atoms with Gasteiger partial charge >= 0.3 is 11.7 Å². The Morgan fingerprint density at radius 1 is 1.09 bits per heavy atom. The number of ether oxygens (including phenoxy) is 2. The number of anilines is 1. The van der Waals surface area contributed by atoms with Crippen molar-refractivity contribution in [1.29, 1.82) is 5.26 Å². The monoisotopic (exact) mass is 466 g/mol. The van der Waals surface area contributed by atoms with Crippen molar-refractivity contribution in [2.45, 2.75) is 24.0 Å². The Morgan fingerprint density at radius 3 is 2.25 bits per heavy atom. The van der Waals surface area contributed by atoms with Crippen LogP contribution in [-0.2, 0) is 19.4 Å². The second kappa shape index (κ2) is 11.2. The van der Waals surface area contributed by atoms with Gasteiger partial charge in [0.25, 0.3) is 5.91 Å². The Balaban J connectivity index is 2.07. The lowest BCUT2D eigenvalue weighted by atomic mass is 10.2. The van der Waals surface area contributed by atoms with Crippen LogP contribution in [0.1, 0.15) is 23.7 Å². The van der Waals surface area contributed by atoms with Crippen molar-refractivity contribution >= 4 is 27.4 Å². The molecule has 0 atom stereocenters. The second-order valence-electron chi connectivity index (χ2n) is 6.29. The van der Waals surface area contributed by atoms with Crippen molar-refractivity contribution in [3.05, 3.63) is 54.1 Å². The molecule has 2 aromatic rings. The summed E-state index contributed by atoms with van der Waals surface area (Å²) in [5, 5.41) is 8.86. The highest BCUT2D eigenvalue weighted by Gasteiger charge is 2.26. The predicted molar refractivity (Wildman–Crippen MR) is 110 cm³/mol. The first-order chi connectivity index (χ1) is 15.2. The summed E-state index contributed by atoms with van der Waals surface area (Å²) in [6, 6.07) is 12.3. The number of esters is 1. The van der Waals surface area contributed by atoms with Gasteiger partial charge in [-0.3, -0.25) is 4.79 Å². The maximum absolute atomic E-state index is 12.6. The number of amides is 1. The van der Waals surface area contributed by atoms with E-state index in [1.807, 2.05) is 13.0 Å². The number of hydrogen-bond acceptors (Lipinski definition) is 7. The van der Waals surface area contributed by atoms with Crippen LogP contribution in [-0.4, -0.2) is 45.8 Å². The van der Waals surface area contributed by atoms with E-state index in [4.69, 9.17) is 14.7 Å². The average molecular weight is 466 g/mol. The van der Waals surface area contributed by atoms with Gasteiger partial charge in [-0.15, -0.1) is 0 Å². The number of nitrogens with zero attached hydrogens (tertiary/aromatic N) is 2. The molecule has 0 aromatic heterocycles. The maximum Gasteiger partial charge on any atom is 0.341 e. The molecule has 0 saturated carbocycles. The molecule has 2 rings (SSSR count). The summed E-state index contributed by atoms with van der Waals surface area (Å²) in [5.41, 5.74) is 0.363. The molecule has 170 valence electrons. The van der Waals surface area contributed by atoms with Gasteiger partial charge in [-0.1, -0.05) is 0 Å². The second-order valence-corrected chi connectivity index (χ2v) is 8.20. The van der Waals surface area contributed by atoms with E-state index in [0.717, 1.165) is 24.3 Å². The van der Waals surface area contributed by atoms with E-state index >= 15 is 0 Å². The van der Waals surface area contributed by atoms with Crippen LogP contribution in [0.4, 0.5) is 14.5 Å². The standard InChI is InChI=1S/C21H20F2N2O6S/c1-2-30-17-8-6-16(7-9-17)25(13-3-12-24)19(26)14-31-20(27)15-4-10-18(11-5-15)32(28,29)21(22)23/h4-11,21H,2-3,13-14H2,1H3. The lowest BCUT2D eigenvalue weighted by Crippen LogP contribution is -2.35. The summed E-state index contributed by atoms with van der Waals surface area (Å²) in [6.07, 6.45) is 0.0486. The number of alkyl halides is 2. The van der Waals surface area contributed by atoms with Gasteiger partial charge < -0.3 is 14.4 Å². The van der Waals surface area contributed by atoms with E-state index in [9.17, 15) is 26.8 Å². The van der Waals surface area contributed by atoms with Crippen LogP contribution in [0.2, 0.25) is 0 Å². The smallest absolute Gasteiger partial charge is 0.341 e. The summed E-state index contributed by atoms with van der Waals surface area (Å²) in [4.78, 5) is 25.4. The lowest BCUT2D eigenvalue weighted by Gasteiger charge is -2.22. The van der Waals surface area contributed by atoms with Crippen LogP contribution < -0.4 is 9.64 Å². The van der Waals surface area contributed by atoms with Crippen LogP contribution in [0.3, 0.4) is 0 Å². The molecule has 0 aliphatic rings. The molecule has 0 saturated heterocycles. The van der Waals surface area contributed by atoms with Crippen molar-refractivity contribution < 1.29 is 36.3 Å². The van der Waals surface area contributed by atoms with Gasteiger partial charge in [0.1, 0.15) is 5.75 Å². The average Bonchev–Trinajstić information content (AvgIpc) is 2.78. The Bertz CT molecular complexity index is 1080. The Morgan fingerprint density at radius 2 is 1.72 bits per heavy atom. The van der Waals surface area contributed by atoms with Crippen LogP contribution in [0.15, 0.2) is 53.4 Å². The minimum Gasteiger partial charge on any atom is -0.494 e. The van der Waals surface area contributed by atoms with Crippen LogP contribution in [0.25, 0.3) is 0 Å². The number of sulfone groups is 1. The Hall–Kier alpha value is -3.52. The topological polar surface area (TPSA) is 114 Å². The van der Waals surface area contributed by atoms with Crippen molar-refractivity contribution in [1.82, 2.24) is 0 Å². The molecular weight excluding hydrogens is 446 g/mol. The van der Waals surface area contributed by atoms with E-state index in [1.165, 1.54) is 4.90 Å². The highest BCUT2D eigenvalue weighted by Crippen LogP contribution is 2.21. The summed E-state index contributed by atoms with van der Waals surface area (Å²) in [6.45, 7) is 1.73. The van der Waals surface area contributed by atoms with Crippen LogP contribution in [0, 0.1) is 11.3 Å². The first-order valence-electron chi connectivity index (χ1n) is 9.40. The summed E-state index contributed by atoms with van der Waals surface area (Å²) in [5.74, 6) is -4.51. The molecule has 32 heavy (non-hydrogen) atoms. The third-order valence-corrected chi connectivity index (χ3v) is 5.59. The van der Waals surface area contributed by atoms with Crippen molar-refractivity contribution in [3.8, 4) is 11.8 Å². The Labute approximate surface area is 183 Å². The van der Waals surface area contributed by atoms with Crippen molar-refractivity contribution in [2.24, 2.45) is 0 Å². The lowest BCUT2D eigenvalue weighted by molar-refractivity contribution is -0.121. The predicted octanol–water partition coefficient (Wildman–Crippen LogP) is 3.19. The van der Waals surface area contributed by atoms with E-state index in [1.54, 1.807) is 24.3 Å². The molecule has 0 unspecified atom stereocenters. The molecule has 8 nitrogen and oxygen atoms in total. The highest BCUT2D eigenvalue weighted by molar-refractivity contribution is 7.91. The van der Waals surface area contributed by atoms with E-state index < -0.39 is 39.0 Å². The van der Waals surface area contributed by atoms with Gasteiger partial charge in [0.15, 0.2) is 6.61 Å². The summed E-state index contributed by atoms with van der Waals surface area (Å²) in [7, 11) is -4.78. The minimum absolute atomic E-state index is 0.0486. The van der Waals surface area contributed by atoms with E-state index in [-0.39, 0.29) is 18.5 Å². The molecule has 0 radical (unpaired) electrons. The van der Waals surface area contributed by atoms with Gasteiger partial charge in [-0.05, 0) is 55.5 Å². The fourth-order valence-corrected chi connectivity index (χ4v) is 3.34. The minimum atomic E-state index is -4.78. The third kappa shape index (κ3) is 6.24. The zero-order chi connectivity index (χ0) is 23.7. The molecule has 11 heteroatoms. The number of hydrogen-bond donors (Lipinski definition) is 0. The fourth-order valence-electron chi connectivity index (χ4n) is 2.62. The highest BCUT2D eigenvalue weighted by atomic mass is 32.2.